The van der Waals surface area contributed by atoms with Crippen LogP contribution in [0.2, 0.25) is 0 Å². The highest BCUT2D eigenvalue weighted by atomic mass is 79.9. The van der Waals surface area contributed by atoms with Crippen LogP contribution in [0.4, 0.5) is 0 Å². The van der Waals surface area contributed by atoms with Gasteiger partial charge in [0.15, 0.2) is 0 Å². The standard InChI is InChI=1S/C26H21BrN2O4S/c1-32-21-10-9-18(12-20(21)27)22-19(13-28)25(29-24(30)23(22)26(31)33-2)34-14-15-7-8-16-5-3-4-6-17(16)11-15/h3-12,22-23H,14H2,1-2H3,(H,29,30)/t22-,23-/m0/s1. The Morgan fingerprint density at radius 1 is 1.12 bits per heavy atom. The molecule has 8 heteroatoms. The largest absolute Gasteiger partial charge is 0.496 e. The molecule has 1 amide bonds. The molecule has 0 aromatic heterocycles. The van der Waals surface area contributed by atoms with Gasteiger partial charge in [-0.3, -0.25) is 9.59 Å². The highest BCUT2D eigenvalue weighted by Crippen LogP contribution is 2.42. The first-order chi connectivity index (χ1) is 16.5. The number of rotatable bonds is 6. The van der Waals surface area contributed by atoms with Gasteiger partial charge in [-0.2, -0.15) is 5.26 Å². The van der Waals surface area contributed by atoms with Crippen LogP contribution < -0.4 is 10.1 Å². The van der Waals surface area contributed by atoms with Gasteiger partial charge in [-0.1, -0.05) is 48.5 Å². The van der Waals surface area contributed by atoms with Crippen LogP contribution in [0.25, 0.3) is 10.8 Å². The Morgan fingerprint density at radius 3 is 2.56 bits per heavy atom. The van der Waals surface area contributed by atoms with Gasteiger partial charge in [0, 0.05) is 11.7 Å². The number of carbonyl (C=O) groups excluding carboxylic acids is 2. The van der Waals surface area contributed by atoms with Crippen molar-refractivity contribution >= 4 is 50.3 Å². The number of ether oxygens (including phenoxy) is 2. The summed E-state index contributed by atoms with van der Waals surface area (Å²) < 4.78 is 10.9. The SMILES string of the molecule is COC(=O)[C@@H]1C(=O)NC(SCc2ccc3ccccc3c2)=C(C#N)[C@@H]1c1ccc(OC)c(Br)c1. The topological polar surface area (TPSA) is 88.4 Å². The minimum Gasteiger partial charge on any atom is -0.496 e. The van der Waals surface area contributed by atoms with E-state index in [2.05, 4.69) is 45.5 Å². The van der Waals surface area contributed by atoms with Crippen molar-refractivity contribution in [2.24, 2.45) is 5.92 Å². The van der Waals surface area contributed by atoms with E-state index >= 15 is 0 Å². The molecule has 0 fully saturated rings. The summed E-state index contributed by atoms with van der Waals surface area (Å²) >= 11 is 4.82. The zero-order chi connectivity index (χ0) is 24.2. The number of methoxy groups -OCH3 is 2. The lowest BCUT2D eigenvalue weighted by Gasteiger charge is -2.31. The number of nitrogens with one attached hydrogen (secondary N) is 1. The number of halogens is 1. The van der Waals surface area contributed by atoms with Crippen LogP contribution in [0.3, 0.4) is 0 Å². The van der Waals surface area contributed by atoms with Gasteiger partial charge in [0.05, 0.1) is 35.4 Å². The van der Waals surface area contributed by atoms with Crippen LogP contribution in [0.15, 0.2) is 75.7 Å². The summed E-state index contributed by atoms with van der Waals surface area (Å²) in [6.45, 7) is 0. The van der Waals surface area contributed by atoms with Crippen LogP contribution in [0.1, 0.15) is 17.0 Å². The lowest BCUT2D eigenvalue weighted by Crippen LogP contribution is -2.44. The van der Waals surface area contributed by atoms with Crippen molar-refractivity contribution in [3.8, 4) is 11.8 Å². The normalized spacial score (nSPS) is 17.8. The fourth-order valence-corrected chi connectivity index (χ4v) is 5.59. The second-order valence-electron chi connectivity index (χ2n) is 7.69. The van der Waals surface area contributed by atoms with E-state index in [1.54, 1.807) is 25.3 Å². The fraction of sp³-hybridized carbons (Fsp3) is 0.192. The Hall–Kier alpha value is -3.28. The summed E-state index contributed by atoms with van der Waals surface area (Å²) in [6.07, 6.45) is 0. The Balaban J connectivity index is 1.72. The van der Waals surface area contributed by atoms with Crippen LogP contribution in [0, 0.1) is 17.2 Å². The van der Waals surface area contributed by atoms with Crippen molar-refractivity contribution in [2.45, 2.75) is 11.7 Å². The highest BCUT2D eigenvalue weighted by molar-refractivity contribution is 9.10. The summed E-state index contributed by atoms with van der Waals surface area (Å²) in [7, 11) is 2.78. The minimum absolute atomic E-state index is 0.317. The van der Waals surface area contributed by atoms with E-state index in [0.29, 0.717) is 32.1 Å². The molecular formula is C26H21BrN2O4S. The first kappa shape index (κ1) is 23.9. The first-order valence-corrected chi connectivity index (χ1v) is 12.2. The molecule has 34 heavy (non-hydrogen) atoms. The molecule has 0 saturated heterocycles. The van der Waals surface area contributed by atoms with Gasteiger partial charge in [-0.05, 0) is 50.0 Å². The molecule has 4 rings (SSSR count). The van der Waals surface area contributed by atoms with Crippen LogP contribution in [-0.2, 0) is 20.1 Å². The monoisotopic (exact) mass is 536 g/mol. The molecule has 6 nitrogen and oxygen atoms in total. The zero-order valence-corrected chi connectivity index (χ0v) is 20.9. The predicted octanol–water partition coefficient (Wildman–Crippen LogP) is 5.28. The van der Waals surface area contributed by atoms with Crippen molar-refractivity contribution < 1.29 is 19.1 Å². The predicted molar refractivity (Wildman–Crippen MR) is 135 cm³/mol. The summed E-state index contributed by atoms with van der Waals surface area (Å²) in [6, 6.07) is 21.7. The van der Waals surface area contributed by atoms with Gasteiger partial charge in [0.2, 0.25) is 5.91 Å². The molecule has 1 N–H and O–H groups in total. The Labute approximate surface area is 210 Å². The van der Waals surface area contributed by atoms with E-state index in [4.69, 9.17) is 9.47 Å². The number of fused-ring (bicyclic) bond motifs is 1. The fourth-order valence-electron chi connectivity index (χ4n) is 4.04. The number of allylic oxidation sites excluding steroid dienone is 1. The van der Waals surface area contributed by atoms with E-state index in [9.17, 15) is 14.9 Å². The van der Waals surface area contributed by atoms with Crippen LogP contribution >= 0.6 is 27.7 Å². The molecule has 1 aliphatic heterocycles. The average Bonchev–Trinajstić information content (AvgIpc) is 2.86. The molecule has 2 atom stereocenters. The van der Waals surface area contributed by atoms with Crippen molar-refractivity contribution in [3.05, 3.63) is 86.9 Å². The zero-order valence-electron chi connectivity index (χ0n) is 18.5. The second-order valence-corrected chi connectivity index (χ2v) is 9.53. The molecule has 3 aromatic rings. The van der Waals surface area contributed by atoms with E-state index < -0.39 is 23.7 Å². The van der Waals surface area contributed by atoms with Gasteiger partial charge >= 0.3 is 5.97 Å². The summed E-state index contributed by atoms with van der Waals surface area (Å²) in [5.41, 5.74) is 2.01. The van der Waals surface area contributed by atoms with Crippen LogP contribution in [0.5, 0.6) is 5.75 Å². The molecule has 3 aromatic carbocycles. The number of esters is 1. The maximum Gasteiger partial charge on any atom is 0.319 e. The number of carbonyl (C=O) groups is 2. The van der Waals surface area contributed by atoms with E-state index in [1.807, 2.05) is 24.3 Å². The van der Waals surface area contributed by atoms with E-state index in [1.165, 1.54) is 18.9 Å². The van der Waals surface area contributed by atoms with E-state index in [0.717, 1.165) is 16.3 Å². The molecule has 0 radical (unpaired) electrons. The molecule has 1 aliphatic rings. The third-order valence-electron chi connectivity index (χ3n) is 5.72. The van der Waals surface area contributed by atoms with Crippen molar-refractivity contribution in [1.82, 2.24) is 5.32 Å². The molecule has 0 saturated carbocycles. The minimum atomic E-state index is -1.18. The lowest BCUT2D eigenvalue weighted by atomic mass is 9.78. The Morgan fingerprint density at radius 2 is 1.88 bits per heavy atom. The third-order valence-corrected chi connectivity index (χ3v) is 7.42. The van der Waals surface area contributed by atoms with Gasteiger partial charge in [0.1, 0.15) is 11.7 Å². The number of benzene rings is 3. The summed E-state index contributed by atoms with van der Waals surface area (Å²) in [4.78, 5) is 25.6. The second kappa shape index (κ2) is 10.3. The number of amides is 1. The van der Waals surface area contributed by atoms with Gasteiger partial charge in [0.25, 0.3) is 0 Å². The quantitative estimate of drug-likeness (QED) is 0.340. The van der Waals surface area contributed by atoms with Gasteiger partial charge in [-0.25, -0.2) is 0 Å². The van der Waals surface area contributed by atoms with Crippen LogP contribution in [-0.4, -0.2) is 26.1 Å². The maximum atomic E-state index is 13.0. The lowest BCUT2D eigenvalue weighted by molar-refractivity contribution is -0.150. The van der Waals surface area contributed by atoms with Crippen molar-refractivity contribution in [1.29, 1.82) is 5.26 Å². The van der Waals surface area contributed by atoms with E-state index in [-0.39, 0.29) is 0 Å². The molecule has 0 bridgehead atoms. The van der Waals surface area contributed by atoms with Gasteiger partial charge < -0.3 is 14.8 Å². The number of hydrogen-bond acceptors (Lipinski definition) is 6. The molecule has 0 unspecified atom stereocenters. The number of nitrogens with zero attached hydrogens (tertiary/aromatic N) is 1. The molecule has 1 heterocycles. The molecular weight excluding hydrogens is 516 g/mol. The summed E-state index contributed by atoms with van der Waals surface area (Å²) in [5.74, 6) is -2.00. The Bertz CT molecular complexity index is 1350. The average molecular weight is 537 g/mol. The number of nitriles is 1. The first-order valence-electron chi connectivity index (χ1n) is 10.4. The van der Waals surface area contributed by atoms with Gasteiger partial charge in [-0.15, -0.1) is 11.8 Å². The van der Waals surface area contributed by atoms with Crippen molar-refractivity contribution in [3.63, 3.8) is 0 Å². The smallest absolute Gasteiger partial charge is 0.319 e. The summed E-state index contributed by atoms with van der Waals surface area (Å²) in [5, 5.41) is 15.6. The number of thioether (sulfide) groups is 1. The van der Waals surface area contributed by atoms with Crippen molar-refractivity contribution in [2.75, 3.05) is 14.2 Å². The molecule has 0 spiro atoms. The maximum absolute atomic E-state index is 13.0. The molecule has 0 aliphatic carbocycles. The number of hydrogen-bond donors (Lipinski definition) is 1. The Kier molecular flexibility index (Phi) is 7.25. The third kappa shape index (κ3) is 4.67. The molecule has 172 valence electrons. The highest BCUT2D eigenvalue weighted by Gasteiger charge is 2.44.